The summed E-state index contributed by atoms with van der Waals surface area (Å²) in [6, 6.07) is 0. The molecule has 0 amide bonds. The second-order valence-corrected chi connectivity index (χ2v) is 6.11. The van der Waals surface area contributed by atoms with E-state index in [-0.39, 0.29) is 0 Å². The Morgan fingerprint density at radius 2 is 1.43 bits per heavy atom. The molecule has 1 aliphatic carbocycles. The molecule has 0 nitrogen and oxygen atoms in total. The van der Waals surface area contributed by atoms with E-state index in [1.807, 2.05) is 0 Å². The molecule has 0 unspecified atom stereocenters. The van der Waals surface area contributed by atoms with Crippen LogP contribution in [0.5, 0.6) is 0 Å². The van der Waals surface area contributed by atoms with Gasteiger partial charge in [-0.25, -0.2) is 0 Å². The number of hydrogen-bond acceptors (Lipinski definition) is 0. The van der Waals surface area contributed by atoms with Gasteiger partial charge in [0.1, 0.15) is 0 Å². The first-order chi connectivity index (χ1) is 6.60. The molecule has 1 atom stereocenters. The Labute approximate surface area is 90.5 Å². The predicted molar refractivity (Wildman–Crippen MR) is 64.5 cm³/mol. The van der Waals surface area contributed by atoms with Crippen molar-refractivity contribution in [2.24, 2.45) is 11.3 Å². The molecular formula is C14H28. The Bertz CT molecular complexity index is 146. The minimum Gasteiger partial charge on any atom is -0.0625 e. The number of rotatable bonds is 0. The molecule has 1 saturated carbocycles. The molecular weight excluding hydrogens is 168 g/mol. The molecule has 1 fully saturated rings. The third-order valence-corrected chi connectivity index (χ3v) is 3.86. The van der Waals surface area contributed by atoms with E-state index >= 15 is 0 Å². The zero-order valence-electron chi connectivity index (χ0n) is 10.4. The summed E-state index contributed by atoms with van der Waals surface area (Å²) in [7, 11) is 0. The lowest BCUT2D eigenvalue weighted by Gasteiger charge is -2.25. The highest BCUT2D eigenvalue weighted by molar-refractivity contribution is 4.71. The molecule has 0 aromatic rings. The van der Waals surface area contributed by atoms with Crippen molar-refractivity contribution in [1.82, 2.24) is 0 Å². The van der Waals surface area contributed by atoms with Gasteiger partial charge in [-0.2, -0.15) is 0 Å². The highest BCUT2D eigenvalue weighted by Gasteiger charge is 2.18. The maximum atomic E-state index is 2.46. The van der Waals surface area contributed by atoms with Crippen molar-refractivity contribution in [3.8, 4) is 0 Å². The SMILES string of the molecule is C[C@@H]1CCCCCCCC(C)(C)CC1. The van der Waals surface area contributed by atoms with Crippen molar-refractivity contribution in [2.75, 3.05) is 0 Å². The average molecular weight is 196 g/mol. The van der Waals surface area contributed by atoms with Crippen molar-refractivity contribution < 1.29 is 0 Å². The molecule has 0 aromatic heterocycles. The third-order valence-electron chi connectivity index (χ3n) is 3.86. The van der Waals surface area contributed by atoms with Gasteiger partial charge in [0.05, 0.1) is 0 Å². The smallest absolute Gasteiger partial charge is 0.0354 e. The first kappa shape index (κ1) is 12.1. The first-order valence-electron chi connectivity index (χ1n) is 6.60. The quantitative estimate of drug-likeness (QED) is 0.501. The van der Waals surface area contributed by atoms with E-state index in [1.165, 1.54) is 57.8 Å². The summed E-state index contributed by atoms with van der Waals surface area (Å²) in [5, 5.41) is 0. The van der Waals surface area contributed by atoms with E-state index in [0.717, 1.165) is 5.92 Å². The van der Waals surface area contributed by atoms with E-state index in [1.54, 1.807) is 0 Å². The molecule has 0 heteroatoms. The molecule has 0 spiro atoms. The molecule has 84 valence electrons. The Hall–Kier alpha value is 0. The van der Waals surface area contributed by atoms with Crippen LogP contribution < -0.4 is 0 Å². The molecule has 14 heavy (non-hydrogen) atoms. The van der Waals surface area contributed by atoms with Gasteiger partial charge >= 0.3 is 0 Å². The Morgan fingerprint density at radius 1 is 0.786 bits per heavy atom. The summed E-state index contributed by atoms with van der Waals surface area (Å²) < 4.78 is 0. The molecule has 0 aliphatic heterocycles. The van der Waals surface area contributed by atoms with Crippen LogP contribution in [0.4, 0.5) is 0 Å². The summed E-state index contributed by atoms with van der Waals surface area (Å²) in [5.41, 5.74) is 0.610. The Kier molecular flexibility index (Phi) is 4.98. The molecule has 0 N–H and O–H groups in total. The summed E-state index contributed by atoms with van der Waals surface area (Å²) in [5.74, 6) is 0.965. The maximum absolute atomic E-state index is 2.46. The van der Waals surface area contributed by atoms with E-state index in [0.29, 0.717) is 5.41 Å². The van der Waals surface area contributed by atoms with E-state index < -0.39 is 0 Å². The van der Waals surface area contributed by atoms with Crippen molar-refractivity contribution in [3.05, 3.63) is 0 Å². The summed E-state index contributed by atoms with van der Waals surface area (Å²) in [6.07, 6.45) is 13.2. The molecule has 1 aliphatic rings. The molecule has 0 heterocycles. The monoisotopic (exact) mass is 196 g/mol. The molecule has 1 rings (SSSR count). The topological polar surface area (TPSA) is 0 Å². The van der Waals surface area contributed by atoms with Crippen molar-refractivity contribution in [3.63, 3.8) is 0 Å². The van der Waals surface area contributed by atoms with Crippen LogP contribution in [0.1, 0.15) is 78.6 Å². The van der Waals surface area contributed by atoms with Crippen LogP contribution in [-0.2, 0) is 0 Å². The van der Waals surface area contributed by atoms with Crippen LogP contribution in [0.25, 0.3) is 0 Å². The van der Waals surface area contributed by atoms with Gasteiger partial charge in [0.2, 0.25) is 0 Å². The van der Waals surface area contributed by atoms with Crippen molar-refractivity contribution in [1.29, 1.82) is 0 Å². The number of hydrogen-bond donors (Lipinski definition) is 0. The first-order valence-corrected chi connectivity index (χ1v) is 6.60. The third kappa shape index (κ3) is 5.02. The summed E-state index contributed by atoms with van der Waals surface area (Å²) in [4.78, 5) is 0. The van der Waals surface area contributed by atoms with Gasteiger partial charge in [-0.05, 0) is 24.2 Å². The Morgan fingerprint density at radius 3 is 2.21 bits per heavy atom. The normalized spacial score (nSPS) is 30.6. The fraction of sp³-hybridized carbons (Fsp3) is 1.00. The summed E-state index contributed by atoms with van der Waals surface area (Å²) >= 11 is 0. The Balaban J connectivity index is 2.38. The van der Waals surface area contributed by atoms with Gasteiger partial charge in [-0.1, -0.05) is 65.7 Å². The van der Waals surface area contributed by atoms with Crippen LogP contribution in [0.3, 0.4) is 0 Å². The fourth-order valence-corrected chi connectivity index (χ4v) is 2.53. The molecule has 0 saturated heterocycles. The van der Waals surface area contributed by atoms with E-state index in [2.05, 4.69) is 20.8 Å². The van der Waals surface area contributed by atoms with Crippen LogP contribution in [0.15, 0.2) is 0 Å². The molecule has 0 bridgehead atoms. The van der Waals surface area contributed by atoms with Gasteiger partial charge in [-0.15, -0.1) is 0 Å². The minimum atomic E-state index is 0.610. The van der Waals surface area contributed by atoms with E-state index in [4.69, 9.17) is 0 Å². The maximum Gasteiger partial charge on any atom is -0.0354 e. The lowest BCUT2D eigenvalue weighted by molar-refractivity contribution is 0.268. The van der Waals surface area contributed by atoms with Gasteiger partial charge in [-0.3, -0.25) is 0 Å². The van der Waals surface area contributed by atoms with Gasteiger partial charge in [0.15, 0.2) is 0 Å². The van der Waals surface area contributed by atoms with Gasteiger partial charge in [0, 0.05) is 0 Å². The fourth-order valence-electron chi connectivity index (χ4n) is 2.53. The van der Waals surface area contributed by atoms with E-state index in [9.17, 15) is 0 Å². The van der Waals surface area contributed by atoms with Crippen molar-refractivity contribution >= 4 is 0 Å². The largest absolute Gasteiger partial charge is 0.0625 e. The molecule has 0 aromatic carbocycles. The van der Waals surface area contributed by atoms with Crippen LogP contribution >= 0.6 is 0 Å². The van der Waals surface area contributed by atoms with Crippen LogP contribution in [0.2, 0.25) is 0 Å². The lowest BCUT2D eigenvalue weighted by Crippen LogP contribution is -2.12. The lowest BCUT2D eigenvalue weighted by atomic mass is 9.80. The van der Waals surface area contributed by atoms with Gasteiger partial charge in [0.25, 0.3) is 0 Å². The second-order valence-electron chi connectivity index (χ2n) is 6.11. The van der Waals surface area contributed by atoms with Gasteiger partial charge < -0.3 is 0 Å². The zero-order chi connectivity index (χ0) is 10.4. The predicted octanol–water partition coefficient (Wildman–Crippen LogP) is 5.17. The average Bonchev–Trinajstić information content (AvgIpc) is 2.15. The zero-order valence-corrected chi connectivity index (χ0v) is 10.4. The highest BCUT2D eigenvalue weighted by Crippen LogP contribution is 2.32. The molecule has 0 radical (unpaired) electrons. The minimum absolute atomic E-state index is 0.610. The highest BCUT2D eigenvalue weighted by atomic mass is 14.2. The standard InChI is InChI=1S/C14H28/c1-13-9-7-5-4-6-8-11-14(2,3)12-10-13/h13H,4-12H2,1-3H3/t13-/m1/s1. The van der Waals surface area contributed by atoms with Crippen LogP contribution in [0, 0.1) is 11.3 Å². The van der Waals surface area contributed by atoms with Crippen molar-refractivity contribution in [2.45, 2.75) is 78.6 Å². The summed E-state index contributed by atoms with van der Waals surface area (Å²) in [6.45, 7) is 7.35. The second kappa shape index (κ2) is 5.78. The van der Waals surface area contributed by atoms with Crippen LogP contribution in [-0.4, -0.2) is 0 Å².